The number of thioether (sulfide) groups is 1. The summed E-state index contributed by atoms with van der Waals surface area (Å²) in [5.41, 5.74) is 1.92. The van der Waals surface area contributed by atoms with Crippen molar-refractivity contribution in [2.45, 2.75) is 31.7 Å². The average Bonchev–Trinajstić information content (AvgIpc) is 2.88. The second kappa shape index (κ2) is 12.5. The fraction of sp³-hybridized carbons (Fsp3) is 0.370. The number of urea groups is 1. The number of rotatable bonds is 8. The van der Waals surface area contributed by atoms with E-state index in [1.54, 1.807) is 26.6 Å². The maximum Gasteiger partial charge on any atom is 0.334 e. The molecule has 1 N–H and O–H groups in total. The van der Waals surface area contributed by atoms with Crippen LogP contribution in [0.2, 0.25) is 0 Å². The van der Waals surface area contributed by atoms with E-state index in [1.165, 1.54) is 5.01 Å². The third-order valence-electron chi connectivity index (χ3n) is 6.46. The summed E-state index contributed by atoms with van der Waals surface area (Å²) < 4.78 is 0.921. The largest absolute Gasteiger partial charge is 0.334 e. The number of hydrogen-bond donors (Lipinski definition) is 1. The molecule has 2 aromatic carbocycles. The number of terminal acetylenes is 1. The molecule has 4 amide bonds. The maximum absolute atomic E-state index is 13.7. The topological polar surface area (TPSA) is 76.2 Å². The first-order valence-corrected chi connectivity index (χ1v) is 14.2. The van der Waals surface area contributed by atoms with Gasteiger partial charge in [-0.25, -0.2) is 9.80 Å². The van der Waals surface area contributed by atoms with Crippen molar-refractivity contribution in [3.63, 3.8) is 0 Å². The van der Waals surface area contributed by atoms with E-state index in [0.29, 0.717) is 25.3 Å². The molecule has 37 heavy (non-hydrogen) atoms. The minimum absolute atomic E-state index is 0.0614. The lowest BCUT2D eigenvalue weighted by Crippen LogP contribution is -2.76. The predicted molar refractivity (Wildman–Crippen MR) is 148 cm³/mol. The van der Waals surface area contributed by atoms with Crippen LogP contribution in [-0.2, 0) is 22.7 Å². The van der Waals surface area contributed by atoms with Gasteiger partial charge in [-0.15, -0.1) is 6.42 Å². The molecule has 10 heteroatoms. The zero-order valence-electron chi connectivity index (χ0n) is 20.7. The quantitative estimate of drug-likeness (QED) is 0.483. The normalized spacial score (nSPS) is 20.0. The Labute approximate surface area is 230 Å². The highest BCUT2D eigenvalue weighted by Gasteiger charge is 2.51. The van der Waals surface area contributed by atoms with E-state index < -0.39 is 12.2 Å². The fourth-order valence-electron chi connectivity index (χ4n) is 4.80. The van der Waals surface area contributed by atoms with Gasteiger partial charge >= 0.3 is 6.03 Å². The van der Waals surface area contributed by atoms with Gasteiger partial charge in [0.25, 0.3) is 0 Å². The van der Waals surface area contributed by atoms with Gasteiger partial charge in [0.1, 0.15) is 12.2 Å². The molecule has 2 aromatic rings. The molecule has 8 nitrogen and oxygen atoms in total. The molecule has 0 radical (unpaired) electrons. The average molecular weight is 585 g/mol. The zero-order valence-corrected chi connectivity index (χ0v) is 23.1. The maximum atomic E-state index is 13.7. The van der Waals surface area contributed by atoms with Crippen molar-refractivity contribution in [1.29, 1.82) is 0 Å². The van der Waals surface area contributed by atoms with Crippen LogP contribution in [0, 0.1) is 12.3 Å². The van der Waals surface area contributed by atoms with Crippen LogP contribution in [0.15, 0.2) is 59.1 Å². The summed E-state index contributed by atoms with van der Waals surface area (Å²) in [5.74, 6) is 2.98. The Hall–Kier alpha value is -3.00. The number of piperazine rings is 1. The van der Waals surface area contributed by atoms with Crippen LogP contribution >= 0.6 is 27.7 Å². The van der Waals surface area contributed by atoms with E-state index in [9.17, 15) is 14.4 Å². The highest BCUT2D eigenvalue weighted by Crippen LogP contribution is 2.29. The molecule has 194 valence electrons. The molecule has 4 rings (SSSR count). The molecule has 0 spiro atoms. The Morgan fingerprint density at radius 2 is 1.92 bits per heavy atom. The molecule has 0 saturated carbocycles. The van der Waals surface area contributed by atoms with E-state index >= 15 is 0 Å². The second-order valence-corrected chi connectivity index (χ2v) is 10.8. The van der Waals surface area contributed by atoms with Crippen molar-refractivity contribution in [2.24, 2.45) is 0 Å². The smallest absolute Gasteiger partial charge is 0.333 e. The molecular weight excluding hydrogens is 554 g/mol. The predicted octanol–water partition coefficient (Wildman–Crippen LogP) is 3.14. The SMILES string of the molecule is C#CCN1CC(=O)N2[C@@H](CCSC)C(=O)N(Cc3cccc(Br)c3)C[C@@H]2N1C(=O)NCc1ccccc1. The van der Waals surface area contributed by atoms with Crippen LogP contribution in [0.5, 0.6) is 0 Å². The molecule has 2 atom stereocenters. The molecule has 2 saturated heterocycles. The Morgan fingerprint density at radius 3 is 2.62 bits per heavy atom. The van der Waals surface area contributed by atoms with Crippen LogP contribution < -0.4 is 5.32 Å². The van der Waals surface area contributed by atoms with Gasteiger partial charge in [0, 0.05) is 17.6 Å². The minimum Gasteiger partial charge on any atom is -0.333 e. The van der Waals surface area contributed by atoms with Gasteiger partial charge in [0.05, 0.1) is 19.6 Å². The van der Waals surface area contributed by atoms with Crippen molar-refractivity contribution < 1.29 is 14.4 Å². The number of amides is 4. The monoisotopic (exact) mass is 583 g/mol. The number of nitrogens with one attached hydrogen (secondary N) is 1. The van der Waals surface area contributed by atoms with E-state index in [2.05, 4.69) is 27.2 Å². The lowest BCUT2D eigenvalue weighted by Gasteiger charge is -2.55. The van der Waals surface area contributed by atoms with Crippen molar-refractivity contribution >= 4 is 45.5 Å². The van der Waals surface area contributed by atoms with Crippen LogP contribution in [0.1, 0.15) is 17.5 Å². The molecule has 0 aromatic heterocycles. The third-order valence-corrected chi connectivity index (χ3v) is 7.59. The summed E-state index contributed by atoms with van der Waals surface area (Å²) in [6, 6.07) is 16.4. The van der Waals surface area contributed by atoms with E-state index in [0.717, 1.165) is 15.6 Å². The summed E-state index contributed by atoms with van der Waals surface area (Å²) in [6.45, 7) is 0.934. The highest BCUT2D eigenvalue weighted by atomic mass is 79.9. The number of halogens is 1. The van der Waals surface area contributed by atoms with E-state index in [1.807, 2.05) is 60.9 Å². The molecule has 2 aliphatic rings. The van der Waals surface area contributed by atoms with Crippen LogP contribution in [0.25, 0.3) is 0 Å². The van der Waals surface area contributed by atoms with Crippen molar-refractivity contribution in [3.05, 3.63) is 70.2 Å². The molecule has 0 aliphatic carbocycles. The lowest BCUT2D eigenvalue weighted by molar-refractivity contribution is -0.189. The fourth-order valence-corrected chi connectivity index (χ4v) is 5.70. The summed E-state index contributed by atoms with van der Waals surface area (Å²) in [6.07, 6.45) is 7.43. The molecule has 0 bridgehead atoms. The first kappa shape index (κ1) is 27.0. The van der Waals surface area contributed by atoms with Crippen LogP contribution in [0.4, 0.5) is 4.79 Å². The first-order valence-electron chi connectivity index (χ1n) is 12.1. The summed E-state index contributed by atoms with van der Waals surface area (Å²) in [5, 5.41) is 6.11. The number of carbonyl (C=O) groups excluding carboxylic acids is 3. The number of hydrazine groups is 1. The highest BCUT2D eigenvalue weighted by molar-refractivity contribution is 9.10. The van der Waals surface area contributed by atoms with Gasteiger partial charge in [0.2, 0.25) is 11.8 Å². The molecule has 2 heterocycles. The standard InChI is InChI=1S/C27H30BrN5O3S/c1-3-13-31-19-25(34)32-23(12-14-37-2)26(35)30(17-21-10-7-11-22(28)15-21)18-24(32)33(31)27(36)29-16-20-8-5-4-6-9-20/h1,4-11,15,23-24H,12-14,16-19H2,2H3,(H,29,36)/t23-,24-/m0/s1. The summed E-state index contributed by atoms with van der Waals surface area (Å²) in [7, 11) is 0. The van der Waals surface area contributed by atoms with Crippen LogP contribution in [-0.4, -0.2) is 81.5 Å². The van der Waals surface area contributed by atoms with Gasteiger partial charge in [-0.1, -0.05) is 64.3 Å². The van der Waals surface area contributed by atoms with Gasteiger partial charge in [0.15, 0.2) is 0 Å². The van der Waals surface area contributed by atoms with Crippen molar-refractivity contribution in [1.82, 2.24) is 25.1 Å². The minimum atomic E-state index is -0.665. The van der Waals surface area contributed by atoms with Gasteiger partial charge in [-0.05, 0) is 41.7 Å². The number of fused-ring (bicyclic) bond motifs is 1. The second-order valence-electron chi connectivity index (χ2n) is 8.94. The van der Waals surface area contributed by atoms with Gasteiger partial charge < -0.3 is 15.1 Å². The van der Waals surface area contributed by atoms with Crippen LogP contribution in [0.3, 0.4) is 0 Å². The van der Waals surface area contributed by atoms with Crippen molar-refractivity contribution in [3.8, 4) is 12.3 Å². The number of hydrogen-bond acceptors (Lipinski definition) is 5. The number of benzene rings is 2. The lowest BCUT2D eigenvalue weighted by atomic mass is 10.0. The Bertz CT molecular complexity index is 1170. The first-order chi connectivity index (χ1) is 17.9. The number of nitrogens with zero attached hydrogens (tertiary/aromatic N) is 4. The summed E-state index contributed by atoms with van der Waals surface area (Å²) in [4.78, 5) is 44.0. The van der Waals surface area contributed by atoms with Crippen molar-refractivity contribution in [2.75, 3.05) is 31.6 Å². The van der Waals surface area contributed by atoms with Gasteiger partial charge in [-0.3, -0.25) is 9.59 Å². The van der Waals surface area contributed by atoms with Gasteiger partial charge in [-0.2, -0.15) is 16.8 Å². The Balaban J connectivity index is 1.65. The van der Waals surface area contributed by atoms with E-state index in [4.69, 9.17) is 6.42 Å². The zero-order chi connectivity index (χ0) is 26.4. The molecule has 2 fully saturated rings. The molecule has 0 unspecified atom stereocenters. The number of carbonyl (C=O) groups is 3. The molecule has 2 aliphatic heterocycles. The Kier molecular flexibility index (Phi) is 9.14. The summed E-state index contributed by atoms with van der Waals surface area (Å²) >= 11 is 5.12. The third kappa shape index (κ3) is 6.29. The molecular formula is C27H30BrN5O3S. The van der Waals surface area contributed by atoms with E-state index in [-0.39, 0.29) is 37.5 Å². The Morgan fingerprint density at radius 1 is 1.16 bits per heavy atom.